The molecule has 0 aliphatic heterocycles. The first kappa shape index (κ1) is 17.3. The third-order valence-electron chi connectivity index (χ3n) is 3.72. The molecular formula is C17H24N2O4. The minimum absolute atomic E-state index is 0.0482. The fourth-order valence-electron chi connectivity index (χ4n) is 2.37. The summed E-state index contributed by atoms with van der Waals surface area (Å²) < 4.78 is 10.3. The van der Waals surface area contributed by atoms with Crippen molar-refractivity contribution in [2.75, 3.05) is 32.2 Å². The van der Waals surface area contributed by atoms with Crippen LogP contribution in [-0.2, 0) is 14.3 Å². The number of anilines is 1. The van der Waals surface area contributed by atoms with Gasteiger partial charge in [0.15, 0.2) is 0 Å². The van der Waals surface area contributed by atoms with Gasteiger partial charge >= 0.3 is 0 Å². The Hall–Kier alpha value is -2.08. The van der Waals surface area contributed by atoms with Gasteiger partial charge in [0.05, 0.1) is 18.4 Å². The molecule has 0 aromatic heterocycles. The molecule has 2 rings (SSSR count). The van der Waals surface area contributed by atoms with Crippen LogP contribution in [0.5, 0.6) is 5.75 Å². The van der Waals surface area contributed by atoms with Crippen molar-refractivity contribution >= 4 is 17.5 Å². The summed E-state index contributed by atoms with van der Waals surface area (Å²) in [6.07, 6.45) is 1.39. The van der Waals surface area contributed by atoms with E-state index >= 15 is 0 Å². The van der Waals surface area contributed by atoms with Crippen molar-refractivity contribution in [2.24, 2.45) is 11.8 Å². The summed E-state index contributed by atoms with van der Waals surface area (Å²) in [5.74, 6) is 0.175. The van der Waals surface area contributed by atoms with E-state index in [4.69, 9.17) is 9.47 Å². The van der Waals surface area contributed by atoms with Crippen molar-refractivity contribution in [1.29, 1.82) is 0 Å². The van der Waals surface area contributed by atoms with Gasteiger partial charge in [0.2, 0.25) is 11.8 Å². The van der Waals surface area contributed by atoms with Crippen LogP contribution in [-0.4, -0.2) is 38.7 Å². The Labute approximate surface area is 136 Å². The molecule has 1 aromatic carbocycles. The van der Waals surface area contributed by atoms with E-state index in [2.05, 4.69) is 10.6 Å². The van der Waals surface area contributed by atoms with Crippen molar-refractivity contribution in [3.63, 3.8) is 0 Å². The summed E-state index contributed by atoms with van der Waals surface area (Å²) in [5, 5.41) is 5.67. The van der Waals surface area contributed by atoms with Crippen molar-refractivity contribution in [2.45, 2.75) is 19.8 Å². The molecule has 1 saturated carbocycles. The van der Waals surface area contributed by atoms with Crippen LogP contribution >= 0.6 is 0 Å². The van der Waals surface area contributed by atoms with Crippen LogP contribution in [0.2, 0.25) is 0 Å². The van der Waals surface area contributed by atoms with Crippen molar-refractivity contribution in [1.82, 2.24) is 5.32 Å². The lowest BCUT2D eigenvalue weighted by Gasteiger charge is -2.07. The molecule has 1 aliphatic rings. The maximum absolute atomic E-state index is 12.1. The number of nitrogens with one attached hydrogen (secondary N) is 2. The quantitative estimate of drug-likeness (QED) is 0.680. The van der Waals surface area contributed by atoms with Gasteiger partial charge in [0.1, 0.15) is 5.75 Å². The summed E-state index contributed by atoms with van der Waals surface area (Å²) in [5.41, 5.74) is 0.713. The van der Waals surface area contributed by atoms with Crippen LogP contribution in [0.1, 0.15) is 19.8 Å². The minimum Gasteiger partial charge on any atom is -0.494 e. The summed E-state index contributed by atoms with van der Waals surface area (Å²) in [7, 11) is 1.63. The zero-order chi connectivity index (χ0) is 16.7. The van der Waals surface area contributed by atoms with Crippen LogP contribution in [0.15, 0.2) is 24.3 Å². The number of hydrogen-bond donors (Lipinski definition) is 2. The smallest absolute Gasteiger partial charge is 0.228 e. The second-order valence-corrected chi connectivity index (χ2v) is 5.53. The molecular weight excluding hydrogens is 296 g/mol. The summed E-state index contributed by atoms with van der Waals surface area (Å²) in [4.78, 5) is 24.0. The standard InChI is InChI=1S/C17H24N2O4/c1-3-23-13-7-5-12(6-8-13)19-17(21)15-11-14(15)16(20)18-9-4-10-22-2/h5-8,14-15H,3-4,9-11H2,1-2H3,(H,18,20)(H,19,21). The highest BCUT2D eigenvalue weighted by molar-refractivity contribution is 5.99. The van der Waals surface area contributed by atoms with Gasteiger partial charge in [-0.15, -0.1) is 0 Å². The molecule has 0 spiro atoms. The Morgan fingerprint density at radius 1 is 1.17 bits per heavy atom. The van der Waals surface area contributed by atoms with E-state index in [1.807, 2.05) is 19.1 Å². The number of carbonyl (C=O) groups excluding carboxylic acids is 2. The zero-order valence-corrected chi connectivity index (χ0v) is 13.6. The SMILES string of the molecule is CCOc1ccc(NC(=O)C2CC2C(=O)NCCCOC)cc1. The average molecular weight is 320 g/mol. The lowest BCUT2D eigenvalue weighted by atomic mass is 10.2. The lowest BCUT2D eigenvalue weighted by Crippen LogP contribution is -2.28. The molecule has 6 heteroatoms. The monoisotopic (exact) mass is 320 g/mol. The molecule has 1 aliphatic carbocycles. The fraction of sp³-hybridized carbons (Fsp3) is 0.529. The molecule has 2 N–H and O–H groups in total. The van der Waals surface area contributed by atoms with Crippen molar-refractivity contribution < 1.29 is 19.1 Å². The van der Waals surface area contributed by atoms with Gasteiger partial charge in [-0.05, 0) is 44.0 Å². The van der Waals surface area contributed by atoms with E-state index in [0.717, 1.165) is 12.2 Å². The van der Waals surface area contributed by atoms with Gasteiger partial charge < -0.3 is 20.1 Å². The van der Waals surface area contributed by atoms with Gasteiger partial charge in [-0.25, -0.2) is 0 Å². The molecule has 0 heterocycles. The number of hydrogen-bond acceptors (Lipinski definition) is 4. The number of methoxy groups -OCH3 is 1. The third kappa shape index (κ3) is 5.25. The van der Waals surface area contributed by atoms with E-state index in [0.29, 0.717) is 31.9 Å². The second-order valence-electron chi connectivity index (χ2n) is 5.53. The molecule has 2 atom stereocenters. The summed E-state index contributed by atoms with van der Waals surface area (Å²) in [6.45, 7) is 3.72. The van der Waals surface area contributed by atoms with E-state index in [9.17, 15) is 9.59 Å². The Kier molecular flexibility index (Phi) is 6.40. The largest absolute Gasteiger partial charge is 0.494 e. The topological polar surface area (TPSA) is 76.7 Å². The van der Waals surface area contributed by atoms with Crippen molar-refractivity contribution in [3.8, 4) is 5.75 Å². The summed E-state index contributed by atoms with van der Waals surface area (Å²) >= 11 is 0. The maximum atomic E-state index is 12.1. The molecule has 126 valence electrons. The molecule has 1 fully saturated rings. The van der Waals surface area contributed by atoms with Gasteiger partial charge in [-0.1, -0.05) is 0 Å². The summed E-state index contributed by atoms with van der Waals surface area (Å²) in [6, 6.07) is 7.22. The van der Waals surface area contributed by atoms with E-state index in [1.54, 1.807) is 19.2 Å². The van der Waals surface area contributed by atoms with Crippen LogP contribution < -0.4 is 15.4 Å². The first-order valence-corrected chi connectivity index (χ1v) is 7.96. The fourth-order valence-corrected chi connectivity index (χ4v) is 2.37. The van der Waals surface area contributed by atoms with Crippen LogP contribution in [0, 0.1) is 11.8 Å². The Bertz CT molecular complexity index is 530. The van der Waals surface area contributed by atoms with Gasteiger partial charge in [0, 0.05) is 25.9 Å². The highest BCUT2D eigenvalue weighted by Gasteiger charge is 2.47. The molecule has 0 bridgehead atoms. The highest BCUT2D eigenvalue weighted by Crippen LogP contribution is 2.39. The molecule has 0 saturated heterocycles. The Morgan fingerprint density at radius 2 is 1.87 bits per heavy atom. The van der Waals surface area contributed by atoms with E-state index < -0.39 is 0 Å². The number of rotatable bonds is 9. The molecule has 23 heavy (non-hydrogen) atoms. The first-order valence-electron chi connectivity index (χ1n) is 7.96. The number of ether oxygens (including phenoxy) is 2. The predicted octanol–water partition coefficient (Wildman–Crippen LogP) is 1.81. The van der Waals surface area contributed by atoms with Crippen molar-refractivity contribution in [3.05, 3.63) is 24.3 Å². The third-order valence-corrected chi connectivity index (χ3v) is 3.72. The Balaban J connectivity index is 1.73. The van der Waals surface area contributed by atoms with Gasteiger partial charge in [-0.3, -0.25) is 9.59 Å². The normalized spacial score (nSPS) is 19.0. The second kappa shape index (κ2) is 8.53. The first-order chi connectivity index (χ1) is 11.2. The molecule has 2 unspecified atom stereocenters. The molecule has 1 aromatic rings. The minimum atomic E-state index is -0.232. The average Bonchev–Trinajstić information content (AvgIpc) is 3.34. The molecule has 2 amide bonds. The maximum Gasteiger partial charge on any atom is 0.228 e. The van der Waals surface area contributed by atoms with Crippen LogP contribution in [0.25, 0.3) is 0 Å². The van der Waals surface area contributed by atoms with Gasteiger partial charge in [0.25, 0.3) is 0 Å². The predicted molar refractivity (Wildman–Crippen MR) is 87.3 cm³/mol. The highest BCUT2D eigenvalue weighted by atomic mass is 16.5. The number of carbonyl (C=O) groups is 2. The molecule has 0 radical (unpaired) electrons. The van der Waals surface area contributed by atoms with Crippen LogP contribution in [0.3, 0.4) is 0 Å². The van der Waals surface area contributed by atoms with Gasteiger partial charge in [-0.2, -0.15) is 0 Å². The molecule has 6 nitrogen and oxygen atoms in total. The van der Waals surface area contributed by atoms with Crippen LogP contribution in [0.4, 0.5) is 5.69 Å². The van der Waals surface area contributed by atoms with E-state index in [-0.39, 0.29) is 23.7 Å². The zero-order valence-electron chi connectivity index (χ0n) is 13.6. The van der Waals surface area contributed by atoms with E-state index in [1.165, 1.54) is 0 Å². The number of benzene rings is 1. The lowest BCUT2D eigenvalue weighted by molar-refractivity contribution is -0.125. The number of amides is 2. The Morgan fingerprint density at radius 3 is 2.52 bits per heavy atom.